The Balaban J connectivity index is 1.62. The third kappa shape index (κ3) is 5.04. The molecule has 9 heteroatoms. The first-order chi connectivity index (χ1) is 15.7. The van der Waals surface area contributed by atoms with Crippen LogP contribution in [0.1, 0.15) is 30.2 Å². The topological polar surface area (TPSA) is 67.3 Å². The Morgan fingerprint density at radius 1 is 0.939 bits per heavy atom. The van der Waals surface area contributed by atoms with Crippen LogP contribution in [0, 0.1) is 5.82 Å². The third-order valence-corrected chi connectivity index (χ3v) is 5.07. The van der Waals surface area contributed by atoms with Gasteiger partial charge >= 0.3 is 6.18 Å². The average Bonchev–Trinajstić information content (AvgIpc) is 2.78. The molecule has 4 aromatic rings. The number of nitrogens with zero attached hydrogens (tertiary/aromatic N) is 2. The number of fused-ring (bicyclic) bond motifs is 1. The van der Waals surface area contributed by atoms with E-state index in [1.807, 2.05) is 6.92 Å². The molecule has 0 fully saturated rings. The second-order valence-electron chi connectivity index (χ2n) is 7.41. The summed E-state index contributed by atoms with van der Waals surface area (Å²) in [5.74, 6) is 0.497. The van der Waals surface area contributed by atoms with Crippen LogP contribution in [0.15, 0.2) is 73.1 Å². The number of aromatic nitrogens is 2. The number of hydrogen-bond acceptors (Lipinski definition) is 5. The summed E-state index contributed by atoms with van der Waals surface area (Å²) in [5, 5.41) is 14.0. The molecule has 0 spiro atoms. The fourth-order valence-corrected chi connectivity index (χ4v) is 3.36. The highest BCUT2D eigenvalue weighted by atomic mass is 19.4. The maximum absolute atomic E-state index is 13.6. The molecule has 0 aliphatic rings. The van der Waals surface area contributed by atoms with E-state index in [0.29, 0.717) is 16.8 Å². The summed E-state index contributed by atoms with van der Waals surface area (Å²) in [6, 6.07) is 14.4. The first-order valence-corrected chi connectivity index (χ1v) is 10.0. The van der Waals surface area contributed by atoms with Crippen molar-refractivity contribution >= 4 is 16.6 Å². The number of nitrogens with one attached hydrogen (secondary N) is 1. The van der Waals surface area contributed by atoms with Gasteiger partial charge in [0.15, 0.2) is 6.10 Å². The standard InChI is InChI=1S/C24H19F4N3O2/c1-14(15-5-7-17(8-6-15)21(32)24(26,27)28)31-22-20-16(9-11-29-22)10-12-30-23(20)33-19-4-2-3-18(25)13-19/h2-14,21,32H,1H3,(H,29,31). The zero-order chi connectivity index (χ0) is 23.6. The molecule has 0 amide bonds. The molecule has 2 atom stereocenters. The van der Waals surface area contributed by atoms with Gasteiger partial charge in [-0.25, -0.2) is 14.4 Å². The molecule has 0 bridgehead atoms. The Kier molecular flexibility index (Phi) is 6.15. The number of aliphatic hydroxyl groups excluding tert-OH is 1. The van der Waals surface area contributed by atoms with E-state index in [-0.39, 0.29) is 23.2 Å². The molecule has 2 aromatic heterocycles. The summed E-state index contributed by atoms with van der Waals surface area (Å²) in [5.41, 5.74) is 0.445. The molecule has 2 N–H and O–H groups in total. The van der Waals surface area contributed by atoms with Crippen LogP contribution in [0.3, 0.4) is 0 Å². The molecule has 0 aliphatic heterocycles. The van der Waals surface area contributed by atoms with Crippen LogP contribution >= 0.6 is 0 Å². The van der Waals surface area contributed by atoms with Gasteiger partial charge in [0, 0.05) is 24.5 Å². The summed E-state index contributed by atoms with van der Waals surface area (Å²) in [6.45, 7) is 1.82. The predicted molar refractivity (Wildman–Crippen MR) is 116 cm³/mol. The monoisotopic (exact) mass is 457 g/mol. The molecule has 2 aromatic carbocycles. The summed E-state index contributed by atoms with van der Waals surface area (Å²) in [7, 11) is 0. The van der Waals surface area contributed by atoms with Crippen molar-refractivity contribution in [2.45, 2.75) is 25.2 Å². The van der Waals surface area contributed by atoms with Gasteiger partial charge in [-0.3, -0.25) is 0 Å². The molecule has 33 heavy (non-hydrogen) atoms. The fraction of sp³-hybridized carbons (Fsp3) is 0.167. The maximum Gasteiger partial charge on any atom is 0.418 e. The van der Waals surface area contributed by atoms with Crippen LogP contribution in [0.5, 0.6) is 11.6 Å². The van der Waals surface area contributed by atoms with Crippen molar-refractivity contribution in [1.82, 2.24) is 9.97 Å². The van der Waals surface area contributed by atoms with E-state index in [1.165, 1.54) is 42.5 Å². The minimum absolute atomic E-state index is 0.226. The van der Waals surface area contributed by atoms with E-state index in [2.05, 4.69) is 15.3 Å². The van der Waals surface area contributed by atoms with Crippen molar-refractivity contribution < 1.29 is 27.4 Å². The van der Waals surface area contributed by atoms with E-state index in [1.54, 1.807) is 30.6 Å². The minimum atomic E-state index is -4.73. The summed E-state index contributed by atoms with van der Waals surface area (Å²) < 4.78 is 57.6. The van der Waals surface area contributed by atoms with Gasteiger partial charge in [0.2, 0.25) is 5.88 Å². The number of ether oxygens (including phenoxy) is 1. The molecular formula is C24H19F4N3O2. The van der Waals surface area contributed by atoms with Gasteiger partial charge in [-0.15, -0.1) is 0 Å². The Labute approximate surface area is 186 Å². The average molecular weight is 457 g/mol. The van der Waals surface area contributed by atoms with Crippen LogP contribution in [0.2, 0.25) is 0 Å². The van der Waals surface area contributed by atoms with E-state index < -0.39 is 18.1 Å². The van der Waals surface area contributed by atoms with Crippen molar-refractivity contribution in [3.8, 4) is 11.6 Å². The lowest BCUT2D eigenvalue weighted by molar-refractivity contribution is -0.206. The van der Waals surface area contributed by atoms with Crippen LogP contribution in [-0.4, -0.2) is 21.3 Å². The molecule has 4 rings (SSSR count). The van der Waals surface area contributed by atoms with Crippen molar-refractivity contribution in [2.75, 3.05) is 5.32 Å². The number of alkyl halides is 3. The smallest absolute Gasteiger partial charge is 0.418 e. The number of pyridine rings is 2. The number of hydrogen-bond donors (Lipinski definition) is 2. The lowest BCUT2D eigenvalue weighted by atomic mass is 10.0. The SMILES string of the molecule is CC(Nc1nccc2ccnc(Oc3cccc(F)c3)c12)c1ccc(C(O)C(F)(F)F)cc1. The fourth-order valence-electron chi connectivity index (χ4n) is 3.36. The molecule has 0 saturated carbocycles. The zero-order valence-corrected chi connectivity index (χ0v) is 17.3. The van der Waals surface area contributed by atoms with E-state index in [0.717, 1.165) is 5.39 Å². The van der Waals surface area contributed by atoms with Crippen molar-refractivity contribution in [1.29, 1.82) is 0 Å². The van der Waals surface area contributed by atoms with Crippen LogP contribution in [0.25, 0.3) is 10.8 Å². The Morgan fingerprint density at radius 3 is 2.27 bits per heavy atom. The first-order valence-electron chi connectivity index (χ1n) is 10.0. The van der Waals surface area contributed by atoms with Gasteiger partial charge in [-0.05, 0) is 47.7 Å². The van der Waals surface area contributed by atoms with Crippen molar-refractivity contribution in [3.63, 3.8) is 0 Å². The molecular weight excluding hydrogens is 438 g/mol. The molecule has 170 valence electrons. The molecule has 0 saturated heterocycles. The van der Waals surface area contributed by atoms with E-state index in [9.17, 15) is 22.7 Å². The second-order valence-corrected chi connectivity index (χ2v) is 7.41. The number of benzene rings is 2. The van der Waals surface area contributed by atoms with Crippen molar-refractivity contribution in [2.24, 2.45) is 0 Å². The lowest BCUT2D eigenvalue weighted by Gasteiger charge is -2.19. The number of halogens is 4. The highest BCUT2D eigenvalue weighted by Crippen LogP contribution is 2.35. The molecule has 0 aliphatic carbocycles. The number of anilines is 1. The van der Waals surface area contributed by atoms with Gasteiger partial charge in [-0.2, -0.15) is 13.2 Å². The Bertz CT molecular complexity index is 1260. The quantitative estimate of drug-likeness (QED) is 0.331. The normalized spacial score (nSPS) is 13.5. The highest BCUT2D eigenvalue weighted by molar-refractivity contribution is 5.95. The maximum atomic E-state index is 13.6. The highest BCUT2D eigenvalue weighted by Gasteiger charge is 2.39. The predicted octanol–water partition coefficient (Wildman–Crippen LogP) is 6.33. The second kappa shape index (κ2) is 9.03. The summed E-state index contributed by atoms with van der Waals surface area (Å²) in [4.78, 5) is 8.64. The number of rotatable bonds is 6. The molecule has 2 unspecified atom stereocenters. The zero-order valence-electron chi connectivity index (χ0n) is 17.3. The van der Waals surface area contributed by atoms with Crippen LogP contribution < -0.4 is 10.1 Å². The van der Waals surface area contributed by atoms with Gasteiger partial charge < -0.3 is 15.2 Å². The first kappa shape index (κ1) is 22.5. The Hall–Kier alpha value is -3.72. The van der Waals surface area contributed by atoms with Gasteiger partial charge in [0.05, 0.1) is 5.39 Å². The summed E-state index contributed by atoms with van der Waals surface area (Å²) >= 11 is 0. The number of aliphatic hydroxyl groups is 1. The van der Waals surface area contributed by atoms with Crippen LogP contribution in [0.4, 0.5) is 23.4 Å². The minimum Gasteiger partial charge on any atom is -0.438 e. The van der Waals surface area contributed by atoms with E-state index >= 15 is 0 Å². The third-order valence-electron chi connectivity index (χ3n) is 5.07. The molecule has 5 nitrogen and oxygen atoms in total. The van der Waals surface area contributed by atoms with Crippen molar-refractivity contribution in [3.05, 3.63) is 90.0 Å². The lowest BCUT2D eigenvalue weighted by Crippen LogP contribution is -2.20. The van der Waals surface area contributed by atoms with E-state index in [4.69, 9.17) is 4.74 Å². The van der Waals surface area contributed by atoms with Crippen LogP contribution in [-0.2, 0) is 0 Å². The van der Waals surface area contributed by atoms with Gasteiger partial charge in [0.1, 0.15) is 17.4 Å². The largest absolute Gasteiger partial charge is 0.438 e. The Morgan fingerprint density at radius 2 is 1.61 bits per heavy atom. The summed E-state index contributed by atoms with van der Waals surface area (Å²) in [6.07, 6.45) is -4.10. The van der Waals surface area contributed by atoms with Gasteiger partial charge in [-0.1, -0.05) is 30.3 Å². The van der Waals surface area contributed by atoms with Gasteiger partial charge in [0.25, 0.3) is 0 Å². The molecule has 0 radical (unpaired) electrons. The molecule has 2 heterocycles.